The number of allylic oxidation sites excluding steroid dienone is 6. The molecule has 1 rings (SSSR count). The van der Waals surface area contributed by atoms with E-state index in [1.54, 1.807) is 6.92 Å². The van der Waals surface area contributed by atoms with Crippen LogP contribution in [0.1, 0.15) is 27.2 Å². The van der Waals surface area contributed by atoms with Crippen LogP contribution in [-0.4, -0.2) is 38.4 Å². The minimum atomic E-state index is -0.106. The number of rotatable bonds is 5. The first-order valence-electron chi connectivity index (χ1n) is 7.43. The summed E-state index contributed by atoms with van der Waals surface area (Å²) in [5, 5.41) is 3.33. The zero-order valence-corrected chi connectivity index (χ0v) is 15.1. The van der Waals surface area contributed by atoms with E-state index >= 15 is 0 Å². The van der Waals surface area contributed by atoms with Crippen molar-refractivity contribution in [2.24, 2.45) is 0 Å². The molecule has 0 spiro atoms. The summed E-state index contributed by atoms with van der Waals surface area (Å²) in [6.45, 7) is 10.4. The van der Waals surface area contributed by atoms with Crippen LogP contribution < -0.4 is 5.32 Å². The van der Waals surface area contributed by atoms with Gasteiger partial charge in [0.25, 0.3) is 0 Å². The second kappa shape index (κ2) is 8.46. The van der Waals surface area contributed by atoms with Gasteiger partial charge >= 0.3 is 0 Å². The predicted molar refractivity (Wildman–Crippen MR) is 95.5 cm³/mol. The summed E-state index contributed by atoms with van der Waals surface area (Å²) in [7, 11) is 1.87. The van der Waals surface area contributed by atoms with Gasteiger partial charge in [-0.3, -0.25) is 4.79 Å². The van der Waals surface area contributed by atoms with E-state index in [0.717, 1.165) is 18.2 Å². The van der Waals surface area contributed by atoms with Gasteiger partial charge < -0.3 is 5.32 Å². The minimum absolute atomic E-state index is 0.106. The molecule has 21 heavy (non-hydrogen) atoms. The number of hydrogen-bond donors (Lipinski definition) is 1. The molecule has 1 aliphatic carbocycles. The molecule has 0 radical (unpaired) electrons. The Bertz CT molecular complexity index is 509. The highest BCUT2D eigenvalue weighted by molar-refractivity contribution is 7.56. The van der Waals surface area contributed by atoms with Crippen molar-refractivity contribution in [3.8, 4) is 0 Å². The fraction of sp³-hybridized carbons (Fsp3) is 0.500. The number of Topliss-reactive ketones (excluding diaryl/α,β-unsaturated/α-hetero) is 1. The van der Waals surface area contributed by atoms with Gasteiger partial charge in [-0.15, -0.1) is 7.92 Å². The normalized spacial score (nSPS) is 24.4. The Balaban J connectivity index is 3.24. The van der Waals surface area contributed by atoms with Crippen molar-refractivity contribution in [3.63, 3.8) is 0 Å². The van der Waals surface area contributed by atoms with Crippen molar-refractivity contribution in [3.05, 3.63) is 46.6 Å². The summed E-state index contributed by atoms with van der Waals surface area (Å²) in [4.78, 5) is 11.9. The minimum Gasteiger partial charge on any atom is -0.310 e. The van der Waals surface area contributed by atoms with Crippen LogP contribution >= 0.6 is 7.92 Å². The Morgan fingerprint density at radius 2 is 2.10 bits per heavy atom. The zero-order valence-electron chi connectivity index (χ0n) is 14.2. The monoisotopic (exact) mass is 305 g/mol. The van der Waals surface area contributed by atoms with Crippen LogP contribution in [-0.2, 0) is 4.79 Å². The molecular formula is C18H28NOP. The first-order valence-corrected chi connectivity index (χ1v) is 9.85. The van der Waals surface area contributed by atoms with Crippen LogP contribution in [0.2, 0.25) is 0 Å². The van der Waals surface area contributed by atoms with E-state index in [0.29, 0.717) is 0 Å². The van der Waals surface area contributed by atoms with Gasteiger partial charge in [0.15, 0.2) is 5.78 Å². The third-order valence-electron chi connectivity index (χ3n) is 3.77. The maximum Gasteiger partial charge on any atom is 0.156 e. The largest absolute Gasteiger partial charge is 0.310 e. The molecule has 1 N–H and O–H groups in total. The van der Waals surface area contributed by atoms with E-state index in [-0.39, 0.29) is 19.7 Å². The molecule has 0 aromatic carbocycles. The first-order chi connectivity index (χ1) is 9.85. The molecule has 0 amide bonds. The lowest BCUT2D eigenvalue weighted by molar-refractivity contribution is -0.113. The van der Waals surface area contributed by atoms with E-state index in [1.807, 2.05) is 7.05 Å². The van der Waals surface area contributed by atoms with Gasteiger partial charge in [-0.05, 0) is 70.5 Å². The molecule has 0 saturated carbocycles. The van der Waals surface area contributed by atoms with Crippen LogP contribution in [0.4, 0.5) is 0 Å². The fourth-order valence-corrected chi connectivity index (χ4v) is 3.38. The quantitative estimate of drug-likeness (QED) is 0.613. The Morgan fingerprint density at radius 1 is 1.43 bits per heavy atom. The van der Waals surface area contributed by atoms with Gasteiger partial charge in [-0.2, -0.15) is 0 Å². The van der Waals surface area contributed by atoms with Gasteiger partial charge in [0.2, 0.25) is 0 Å². The van der Waals surface area contributed by atoms with Gasteiger partial charge in [0.1, 0.15) is 0 Å². The molecule has 1 unspecified atom stereocenters. The molecule has 0 saturated heterocycles. The summed E-state index contributed by atoms with van der Waals surface area (Å²) in [6.07, 6.45) is 10.5. The number of carbonyl (C=O) groups is 1. The van der Waals surface area contributed by atoms with Crippen LogP contribution in [0.15, 0.2) is 46.6 Å². The molecule has 0 heterocycles. The molecule has 0 bridgehead atoms. The van der Waals surface area contributed by atoms with E-state index in [9.17, 15) is 4.79 Å². The number of ketones is 1. The van der Waals surface area contributed by atoms with E-state index < -0.39 is 0 Å². The molecule has 3 heteroatoms. The average molecular weight is 305 g/mol. The Kier molecular flexibility index (Phi) is 7.28. The molecule has 2 nitrogen and oxygen atoms in total. The maximum atomic E-state index is 11.9. The van der Waals surface area contributed by atoms with Crippen LogP contribution in [0.3, 0.4) is 0 Å². The summed E-state index contributed by atoms with van der Waals surface area (Å²) in [5.74, 6) is 0.200. The van der Waals surface area contributed by atoms with Crippen molar-refractivity contribution in [1.29, 1.82) is 0 Å². The third kappa shape index (κ3) is 5.73. The molecule has 0 aromatic rings. The molecule has 0 fully saturated rings. The number of carbonyl (C=O) groups excluding carboxylic acids is 1. The lowest BCUT2D eigenvalue weighted by Crippen LogP contribution is -2.25. The fourth-order valence-electron chi connectivity index (χ4n) is 2.39. The van der Waals surface area contributed by atoms with Crippen molar-refractivity contribution in [2.45, 2.75) is 33.2 Å². The van der Waals surface area contributed by atoms with Crippen molar-refractivity contribution in [1.82, 2.24) is 5.32 Å². The summed E-state index contributed by atoms with van der Waals surface area (Å²) in [6, 6.07) is 0.234. The molecule has 0 aromatic heterocycles. The topological polar surface area (TPSA) is 29.1 Å². The zero-order chi connectivity index (χ0) is 16.0. The van der Waals surface area contributed by atoms with Gasteiger partial charge in [-0.25, -0.2) is 0 Å². The standard InChI is InChI=1S/C18H28NOP/c1-13-7-9-16(14(2)18(19-4)10-8-13)11-17(15(3)20)12-21(5)6/h7-8,10-11,18-19H,9,12H2,1-6H3/b10-8+,13-7-,16-14?,17-11+. The van der Waals surface area contributed by atoms with E-state index in [1.165, 1.54) is 16.7 Å². The second-order valence-corrected chi connectivity index (χ2v) is 8.43. The lowest BCUT2D eigenvalue weighted by Gasteiger charge is -2.19. The molecule has 1 atom stereocenters. The highest BCUT2D eigenvalue weighted by Crippen LogP contribution is 2.30. The Morgan fingerprint density at radius 3 is 2.62 bits per heavy atom. The highest BCUT2D eigenvalue weighted by Gasteiger charge is 2.13. The molecule has 116 valence electrons. The van der Waals surface area contributed by atoms with E-state index in [2.05, 4.69) is 56.8 Å². The maximum absolute atomic E-state index is 11.9. The smallest absolute Gasteiger partial charge is 0.156 e. The van der Waals surface area contributed by atoms with Crippen LogP contribution in [0.25, 0.3) is 0 Å². The average Bonchev–Trinajstić information content (AvgIpc) is 2.40. The second-order valence-electron chi connectivity index (χ2n) is 5.95. The first kappa shape index (κ1) is 18.1. The van der Waals surface area contributed by atoms with Crippen molar-refractivity contribution < 1.29 is 4.79 Å². The number of hydrogen-bond acceptors (Lipinski definition) is 2. The number of likely N-dealkylation sites (N-methyl/N-ethyl adjacent to an activating group) is 1. The van der Waals surface area contributed by atoms with Gasteiger partial charge in [0, 0.05) is 6.04 Å². The van der Waals surface area contributed by atoms with Gasteiger partial charge in [0.05, 0.1) is 0 Å². The Labute approximate surface area is 130 Å². The lowest BCUT2D eigenvalue weighted by atomic mass is 9.94. The molecular weight excluding hydrogens is 277 g/mol. The van der Waals surface area contributed by atoms with Crippen molar-refractivity contribution in [2.75, 3.05) is 26.5 Å². The molecule has 1 aliphatic rings. The highest BCUT2D eigenvalue weighted by atomic mass is 31.1. The van der Waals surface area contributed by atoms with Crippen LogP contribution in [0.5, 0.6) is 0 Å². The molecule has 0 aliphatic heterocycles. The summed E-state index contributed by atoms with van der Waals surface area (Å²) in [5.41, 5.74) is 4.80. The summed E-state index contributed by atoms with van der Waals surface area (Å²) < 4.78 is 0. The van der Waals surface area contributed by atoms with E-state index in [4.69, 9.17) is 0 Å². The predicted octanol–water partition coefficient (Wildman–Crippen LogP) is 4.05. The number of nitrogens with one attached hydrogen (secondary N) is 1. The third-order valence-corrected chi connectivity index (χ3v) is 4.74. The van der Waals surface area contributed by atoms with Crippen LogP contribution in [0, 0.1) is 0 Å². The van der Waals surface area contributed by atoms with Gasteiger partial charge in [-0.1, -0.05) is 29.9 Å². The summed E-state index contributed by atoms with van der Waals surface area (Å²) >= 11 is 0. The Hall–Kier alpha value is -0.980. The SMILES string of the molecule is CNC1/C=C/C(C)=C\CC(/C=C(\CP(C)C)C(C)=O)=C1C. The van der Waals surface area contributed by atoms with Crippen molar-refractivity contribution >= 4 is 13.7 Å².